The van der Waals surface area contributed by atoms with Crippen LogP contribution in [0.25, 0.3) is 0 Å². The van der Waals surface area contributed by atoms with Gasteiger partial charge in [-0.1, -0.05) is 30.3 Å². The predicted octanol–water partition coefficient (Wildman–Crippen LogP) is 2.63. The molecule has 0 unspecified atom stereocenters. The summed E-state index contributed by atoms with van der Waals surface area (Å²) >= 11 is 0. The van der Waals surface area contributed by atoms with E-state index in [1.54, 1.807) is 0 Å². The van der Waals surface area contributed by atoms with Gasteiger partial charge in [-0.2, -0.15) is 0 Å². The zero-order valence-corrected chi connectivity index (χ0v) is 11.0. The van der Waals surface area contributed by atoms with Crippen LogP contribution in [0.1, 0.15) is 24.4 Å². The van der Waals surface area contributed by atoms with Crippen LogP contribution < -0.4 is 5.73 Å². The Morgan fingerprint density at radius 3 is 2.19 bits per heavy atom. The van der Waals surface area contributed by atoms with E-state index in [4.69, 9.17) is 5.73 Å². The predicted molar refractivity (Wildman–Crippen MR) is 73.5 cm³/mol. The molecule has 1 aromatic rings. The average molecular weight is 263 g/mol. The van der Waals surface area contributed by atoms with Crippen molar-refractivity contribution in [3.05, 3.63) is 35.9 Å². The van der Waals surface area contributed by atoms with Crippen LogP contribution in [0.3, 0.4) is 0 Å². The number of likely N-dealkylation sites (tertiary alicyclic amines) is 1. The largest absolute Gasteiger partial charge is 0.323 e. The third kappa shape index (κ3) is 4.30. The number of nitrogens with zero attached hydrogens (tertiary/aromatic N) is 1. The van der Waals surface area contributed by atoms with E-state index in [-0.39, 0.29) is 30.9 Å². The number of hydrogen-bond donors (Lipinski definition) is 1. The van der Waals surface area contributed by atoms with E-state index in [1.165, 1.54) is 31.5 Å². The molecule has 0 saturated carbocycles. The fourth-order valence-electron chi connectivity index (χ4n) is 2.05. The van der Waals surface area contributed by atoms with Gasteiger partial charge in [0.25, 0.3) is 0 Å². The van der Waals surface area contributed by atoms with Crippen molar-refractivity contribution in [1.29, 1.82) is 0 Å². The van der Waals surface area contributed by atoms with E-state index < -0.39 is 0 Å². The van der Waals surface area contributed by atoms with Gasteiger partial charge in [-0.3, -0.25) is 0 Å². The summed E-state index contributed by atoms with van der Waals surface area (Å²) in [5.74, 6) is 0. The van der Waals surface area contributed by atoms with Crippen LogP contribution in [0.15, 0.2) is 30.3 Å². The number of nitrogens with two attached hydrogens (primary N) is 1. The van der Waals surface area contributed by atoms with E-state index in [2.05, 4.69) is 29.2 Å². The molecule has 1 fully saturated rings. The van der Waals surface area contributed by atoms with Crippen LogP contribution in [0.4, 0.5) is 0 Å². The van der Waals surface area contributed by atoms with Crippen LogP contribution in [0.5, 0.6) is 0 Å². The van der Waals surface area contributed by atoms with Gasteiger partial charge in [-0.25, -0.2) is 0 Å². The van der Waals surface area contributed by atoms with Crippen molar-refractivity contribution in [3.8, 4) is 0 Å². The molecule has 1 atom stereocenters. The maximum Gasteiger partial charge on any atom is 0.0424 e. The molecule has 0 aromatic heterocycles. The Kier molecular flexibility index (Phi) is 7.77. The van der Waals surface area contributed by atoms with Gasteiger partial charge < -0.3 is 10.6 Å². The second kappa shape index (κ2) is 7.91. The van der Waals surface area contributed by atoms with Gasteiger partial charge in [-0.15, -0.1) is 24.8 Å². The summed E-state index contributed by atoms with van der Waals surface area (Å²) in [7, 11) is 0. The molecule has 92 valence electrons. The number of hydrogen-bond acceptors (Lipinski definition) is 2. The van der Waals surface area contributed by atoms with Crippen molar-refractivity contribution in [2.45, 2.75) is 18.9 Å². The summed E-state index contributed by atoms with van der Waals surface area (Å²) in [4.78, 5) is 2.46. The minimum Gasteiger partial charge on any atom is -0.323 e. The topological polar surface area (TPSA) is 29.3 Å². The first-order valence-electron chi connectivity index (χ1n) is 5.39. The number of rotatable bonds is 3. The summed E-state index contributed by atoms with van der Waals surface area (Å²) in [6.07, 6.45) is 2.67. The maximum atomic E-state index is 6.13. The number of halogens is 2. The molecule has 1 aromatic carbocycles. The molecule has 0 radical (unpaired) electrons. The van der Waals surface area contributed by atoms with Gasteiger partial charge in [0.15, 0.2) is 0 Å². The third-order valence-corrected chi connectivity index (χ3v) is 2.88. The molecule has 1 aliphatic heterocycles. The standard InChI is InChI=1S/C12H18N2.2ClH/c13-12(10-14-8-4-5-9-14)11-6-2-1-3-7-11;;/h1-3,6-7,12H,4-5,8-10,13H2;2*1H/t12-;;/m1../s1. The Morgan fingerprint density at radius 1 is 1.06 bits per heavy atom. The Labute approximate surface area is 110 Å². The SMILES string of the molecule is Cl.Cl.N[C@H](CN1CCCC1)c1ccccc1. The van der Waals surface area contributed by atoms with Gasteiger partial charge in [-0.05, 0) is 31.5 Å². The summed E-state index contributed by atoms with van der Waals surface area (Å²) < 4.78 is 0. The Balaban J connectivity index is 0.00000112. The lowest BCUT2D eigenvalue weighted by molar-refractivity contribution is 0.316. The molecular formula is C12H20Cl2N2. The first-order chi connectivity index (χ1) is 6.86. The van der Waals surface area contributed by atoms with Crippen molar-refractivity contribution < 1.29 is 0 Å². The molecule has 1 aliphatic rings. The molecule has 16 heavy (non-hydrogen) atoms. The molecule has 1 heterocycles. The molecule has 1 saturated heterocycles. The van der Waals surface area contributed by atoms with Crippen LogP contribution in [-0.2, 0) is 0 Å². The lowest BCUT2D eigenvalue weighted by Gasteiger charge is -2.20. The van der Waals surface area contributed by atoms with E-state index in [1.807, 2.05) is 6.07 Å². The van der Waals surface area contributed by atoms with E-state index in [9.17, 15) is 0 Å². The van der Waals surface area contributed by atoms with Crippen molar-refractivity contribution in [2.24, 2.45) is 5.73 Å². The summed E-state index contributed by atoms with van der Waals surface area (Å²) in [5.41, 5.74) is 7.38. The second-order valence-corrected chi connectivity index (χ2v) is 4.02. The van der Waals surface area contributed by atoms with Crippen molar-refractivity contribution >= 4 is 24.8 Å². The molecule has 4 heteroatoms. The van der Waals surface area contributed by atoms with Crippen molar-refractivity contribution in [3.63, 3.8) is 0 Å². The quantitative estimate of drug-likeness (QED) is 0.908. The minimum atomic E-state index is 0. The zero-order valence-electron chi connectivity index (χ0n) is 9.34. The average Bonchev–Trinajstić information content (AvgIpc) is 2.72. The molecular weight excluding hydrogens is 243 g/mol. The lowest BCUT2D eigenvalue weighted by atomic mass is 10.1. The Hall–Kier alpha value is -0.280. The minimum absolute atomic E-state index is 0. The van der Waals surface area contributed by atoms with Gasteiger partial charge in [0, 0.05) is 12.6 Å². The molecule has 0 bridgehead atoms. The van der Waals surface area contributed by atoms with Crippen molar-refractivity contribution in [2.75, 3.05) is 19.6 Å². The summed E-state index contributed by atoms with van der Waals surface area (Å²) in [5, 5.41) is 0. The van der Waals surface area contributed by atoms with Gasteiger partial charge >= 0.3 is 0 Å². The first kappa shape index (κ1) is 15.7. The van der Waals surface area contributed by atoms with E-state index >= 15 is 0 Å². The fraction of sp³-hybridized carbons (Fsp3) is 0.500. The third-order valence-electron chi connectivity index (χ3n) is 2.88. The van der Waals surface area contributed by atoms with Crippen LogP contribution >= 0.6 is 24.8 Å². The highest BCUT2D eigenvalue weighted by Gasteiger charge is 2.15. The zero-order chi connectivity index (χ0) is 9.80. The maximum absolute atomic E-state index is 6.13. The normalized spacial score (nSPS) is 17.3. The molecule has 2 nitrogen and oxygen atoms in total. The van der Waals surface area contributed by atoms with Crippen LogP contribution in [-0.4, -0.2) is 24.5 Å². The Bertz CT molecular complexity index is 274. The fourth-order valence-corrected chi connectivity index (χ4v) is 2.05. The molecule has 0 aliphatic carbocycles. The monoisotopic (exact) mass is 262 g/mol. The van der Waals surface area contributed by atoms with Gasteiger partial charge in [0.1, 0.15) is 0 Å². The highest BCUT2D eigenvalue weighted by atomic mass is 35.5. The highest BCUT2D eigenvalue weighted by molar-refractivity contribution is 5.85. The van der Waals surface area contributed by atoms with E-state index in [0.717, 1.165) is 6.54 Å². The van der Waals surface area contributed by atoms with Gasteiger partial charge in [0.05, 0.1) is 0 Å². The van der Waals surface area contributed by atoms with Crippen LogP contribution in [0, 0.1) is 0 Å². The van der Waals surface area contributed by atoms with Gasteiger partial charge in [0.2, 0.25) is 0 Å². The smallest absolute Gasteiger partial charge is 0.0424 e. The number of benzene rings is 1. The summed E-state index contributed by atoms with van der Waals surface area (Å²) in [6, 6.07) is 10.5. The molecule has 0 amide bonds. The summed E-state index contributed by atoms with van der Waals surface area (Å²) in [6.45, 7) is 3.45. The highest BCUT2D eigenvalue weighted by Crippen LogP contribution is 2.14. The Morgan fingerprint density at radius 2 is 1.62 bits per heavy atom. The first-order valence-corrected chi connectivity index (χ1v) is 5.39. The lowest BCUT2D eigenvalue weighted by Crippen LogP contribution is -2.29. The van der Waals surface area contributed by atoms with E-state index in [0.29, 0.717) is 0 Å². The second-order valence-electron chi connectivity index (χ2n) is 4.02. The molecule has 2 N–H and O–H groups in total. The van der Waals surface area contributed by atoms with Crippen molar-refractivity contribution in [1.82, 2.24) is 4.90 Å². The van der Waals surface area contributed by atoms with Crippen LogP contribution in [0.2, 0.25) is 0 Å². The molecule has 2 rings (SSSR count). The molecule has 0 spiro atoms.